The van der Waals surface area contributed by atoms with Gasteiger partial charge in [-0.3, -0.25) is 14.5 Å². The Kier molecular flexibility index (Phi) is 6.01. The number of carboxylic acid groups (broad SMARTS) is 1. The second-order valence-electron chi connectivity index (χ2n) is 6.02. The fourth-order valence-corrected chi connectivity index (χ4v) is 3.90. The van der Waals surface area contributed by atoms with Crippen molar-refractivity contribution in [1.82, 2.24) is 4.90 Å². The number of hydrogen-bond acceptors (Lipinski definition) is 5. The predicted octanol–water partition coefficient (Wildman–Crippen LogP) is 3.63. The van der Waals surface area contributed by atoms with Crippen molar-refractivity contribution in [1.29, 1.82) is 0 Å². The lowest BCUT2D eigenvalue weighted by atomic mass is 10.2. The zero-order valence-corrected chi connectivity index (χ0v) is 16.3. The maximum atomic E-state index is 12.4. The number of carbonyl (C=O) groups is 3. The molecule has 1 atom stereocenters. The van der Waals surface area contributed by atoms with Gasteiger partial charge in [-0.2, -0.15) is 0 Å². The lowest BCUT2D eigenvalue weighted by Crippen LogP contribution is -2.30. The summed E-state index contributed by atoms with van der Waals surface area (Å²) >= 11 is 7.16. The first-order chi connectivity index (χ1) is 13.3. The molecule has 9 heteroatoms. The van der Waals surface area contributed by atoms with Crippen LogP contribution in [0.15, 0.2) is 53.5 Å². The molecule has 2 aromatic carbocycles. The molecule has 0 saturated carbocycles. The van der Waals surface area contributed by atoms with Crippen molar-refractivity contribution in [3.8, 4) is 0 Å². The summed E-state index contributed by atoms with van der Waals surface area (Å²) in [4.78, 5) is 41.6. The summed E-state index contributed by atoms with van der Waals surface area (Å²) in [6, 6.07) is 12.9. The highest BCUT2D eigenvalue weighted by Crippen LogP contribution is 2.31. The average molecular weight is 418 g/mol. The van der Waals surface area contributed by atoms with E-state index in [4.69, 9.17) is 16.7 Å². The van der Waals surface area contributed by atoms with Crippen LogP contribution in [-0.2, 0) is 9.59 Å². The van der Waals surface area contributed by atoms with Crippen molar-refractivity contribution in [2.24, 2.45) is 4.99 Å². The van der Waals surface area contributed by atoms with Crippen LogP contribution >= 0.6 is 23.4 Å². The molecule has 2 amide bonds. The number of aliphatic imine (C=N–C) groups is 1. The van der Waals surface area contributed by atoms with Gasteiger partial charge in [0.25, 0.3) is 0 Å². The monoisotopic (exact) mass is 417 g/mol. The molecule has 0 radical (unpaired) electrons. The van der Waals surface area contributed by atoms with Crippen molar-refractivity contribution in [2.45, 2.75) is 11.7 Å². The second-order valence-corrected chi connectivity index (χ2v) is 7.62. The molecule has 0 bridgehead atoms. The van der Waals surface area contributed by atoms with Gasteiger partial charge in [0.15, 0.2) is 5.17 Å². The molecule has 0 aliphatic carbocycles. The van der Waals surface area contributed by atoms with Gasteiger partial charge in [-0.05, 0) is 36.4 Å². The van der Waals surface area contributed by atoms with Crippen molar-refractivity contribution >= 4 is 57.7 Å². The van der Waals surface area contributed by atoms with Crippen LogP contribution in [0.4, 0.5) is 11.4 Å². The number of nitrogens with zero attached hydrogens (tertiary/aromatic N) is 2. The largest absolute Gasteiger partial charge is 0.478 e. The average Bonchev–Trinajstić information content (AvgIpc) is 2.90. The molecule has 1 fully saturated rings. The van der Waals surface area contributed by atoms with E-state index in [9.17, 15) is 14.4 Å². The van der Waals surface area contributed by atoms with Gasteiger partial charge in [-0.25, -0.2) is 9.79 Å². The van der Waals surface area contributed by atoms with Gasteiger partial charge in [-0.1, -0.05) is 35.5 Å². The van der Waals surface area contributed by atoms with Gasteiger partial charge in [-0.15, -0.1) is 0 Å². The number of benzene rings is 2. The summed E-state index contributed by atoms with van der Waals surface area (Å²) in [5.41, 5.74) is 1.05. The SMILES string of the molecule is CN1C(=O)[C@@H](CC(=O)Nc2cccc(C(=O)O)c2)SC1=Nc1cccc(Cl)c1. The third-order valence-electron chi connectivity index (χ3n) is 3.94. The Hall–Kier alpha value is -2.84. The molecular formula is C19H16ClN3O4S. The maximum absolute atomic E-state index is 12.4. The van der Waals surface area contributed by atoms with E-state index in [0.717, 1.165) is 0 Å². The molecule has 1 aliphatic heterocycles. The van der Waals surface area contributed by atoms with Gasteiger partial charge >= 0.3 is 5.97 Å². The number of halogens is 1. The van der Waals surface area contributed by atoms with E-state index < -0.39 is 11.2 Å². The van der Waals surface area contributed by atoms with E-state index in [1.54, 1.807) is 37.4 Å². The molecule has 0 unspecified atom stereocenters. The summed E-state index contributed by atoms with van der Waals surface area (Å²) in [6.45, 7) is 0. The van der Waals surface area contributed by atoms with E-state index >= 15 is 0 Å². The fraction of sp³-hybridized carbons (Fsp3) is 0.158. The topological polar surface area (TPSA) is 99.1 Å². The molecule has 0 aromatic heterocycles. The van der Waals surface area contributed by atoms with Crippen LogP contribution < -0.4 is 5.32 Å². The molecule has 7 nitrogen and oxygen atoms in total. The minimum absolute atomic E-state index is 0.0558. The number of amides is 2. The van der Waals surface area contributed by atoms with Crippen LogP contribution in [0, 0.1) is 0 Å². The Balaban J connectivity index is 1.67. The first kappa shape index (κ1) is 19.9. The zero-order valence-electron chi connectivity index (χ0n) is 14.8. The lowest BCUT2D eigenvalue weighted by Gasteiger charge is -2.09. The maximum Gasteiger partial charge on any atom is 0.335 e. The summed E-state index contributed by atoms with van der Waals surface area (Å²) < 4.78 is 0. The Morgan fingerprint density at radius 2 is 2.00 bits per heavy atom. The van der Waals surface area contributed by atoms with Crippen LogP contribution in [-0.4, -0.2) is 45.3 Å². The minimum Gasteiger partial charge on any atom is -0.478 e. The van der Waals surface area contributed by atoms with E-state index in [0.29, 0.717) is 21.6 Å². The quantitative estimate of drug-likeness (QED) is 0.773. The van der Waals surface area contributed by atoms with Crippen LogP contribution in [0.3, 0.4) is 0 Å². The number of nitrogens with one attached hydrogen (secondary N) is 1. The summed E-state index contributed by atoms with van der Waals surface area (Å²) in [7, 11) is 1.60. The molecule has 28 heavy (non-hydrogen) atoms. The number of thioether (sulfide) groups is 1. The number of aromatic carboxylic acids is 1. The summed E-state index contributed by atoms with van der Waals surface area (Å²) in [5, 5.41) is 12.1. The number of carbonyl (C=O) groups excluding carboxylic acids is 2. The molecule has 1 heterocycles. The molecule has 0 spiro atoms. The van der Waals surface area contributed by atoms with Gasteiger partial charge in [0, 0.05) is 24.2 Å². The predicted molar refractivity (Wildman–Crippen MR) is 109 cm³/mol. The minimum atomic E-state index is -1.08. The Morgan fingerprint density at radius 1 is 1.25 bits per heavy atom. The molecule has 2 aromatic rings. The number of amidine groups is 1. The van der Waals surface area contributed by atoms with Crippen molar-refractivity contribution in [3.05, 3.63) is 59.1 Å². The Bertz CT molecular complexity index is 979. The summed E-state index contributed by atoms with van der Waals surface area (Å²) in [6.07, 6.45) is -0.0558. The summed E-state index contributed by atoms with van der Waals surface area (Å²) in [5.74, 6) is -1.69. The van der Waals surface area contributed by atoms with E-state index in [-0.39, 0.29) is 23.8 Å². The highest BCUT2D eigenvalue weighted by Gasteiger charge is 2.37. The molecule has 1 saturated heterocycles. The Labute approximate surface area is 170 Å². The first-order valence-corrected chi connectivity index (χ1v) is 9.51. The van der Waals surface area contributed by atoms with Gasteiger partial charge in [0.1, 0.15) is 5.25 Å². The molecular weight excluding hydrogens is 402 g/mol. The van der Waals surface area contributed by atoms with Crippen LogP contribution in [0.2, 0.25) is 5.02 Å². The number of hydrogen-bond donors (Lipinski definition) is 2. The van der Waals surface area contributed by atoms with Gasteiger partial charge < -0.3 is 10.4 Å². The van der Waals surface area contributed by atoms with Crippen molar-refractivity contribution in [2.75, 3.05) is 12.4 Å². The van der Waals surface area contributed by atoms with Crippen molar-refractivity contribution in [3.63, 3.8) is 0 Å². The standard InChI is InChI=1S/C19H16ClN3O4S/c1-23-17(25)15(28-19(23)22-14-7-3-5-12(20)9-14)10-16(24)21-13-6-2-4-11(8-13)18(26)27/h2-9,15H,10H2,1H3,(H,21,24)(H,26,27)/t15-/m1/s1. The van der Waals surface area contributed by atoms with E-state index in [2.05, 4.69) is 10.3 Å². The lowest BCUT2D eigenvalue weighted by molar-refractivity contribution is -0.127. The first-order valence-electron chi connectivity index (χ1n) is 8.25. The van der Waals surface area contributed by atoms with Crippen LogP contribution in [0.5, 0.6) is 0 Å². The number of rotatable bonds is 5. The Morgan fingerprint density at radius 3 is 2.71 bits per heavy atom. The van der Waals surface area contributed by atoms with Crippen LogP contribution in [0.1, 0.15) is 16.8 Å². The normalized spacial score (nSPS) is 17.8. The third-order valence-corrected chi connectivity index (χ3v) is 5.40. The van der Waals surface area contributed by atoms with Crippen molar-refractivity contribution < 1.29 is 19.5 Å². The third kappa shape index (κ3) is 4.71. The smallest absolute Gasteiger partial charge is 0.335 e. The molecule has 2 N–H and O–H groups in total. The second kappa shape index (κ2) is 8.45. The zero-order chi connectivity index (χ0) is 20.3. The van der Waals surface area contributed by atoms with E-state index in [1.807, 2.05) is 0 Å². The van der Waals surface area contributed by atoms with Crippen LogP contribution in [0.25, 0.3) is 0 Å². The molecule has 1 aliphatic rings. The van der Waals surface area contributed by atoms with E-state index in [1.165, 1.54) is 34.9 Å². The molecule has 3 rings (SSSR count). The van der Waals surface area contributed by atoms with Gasteiger partial charge in [0.05, 0.1) is 11.3 Å². The highest BCUT2D eigenvalue weighted by atomic mass is 35.5. The fourth-order valence-electron chi connectivity index (χ4n) is 2.56. The van der Waals surface area contributed by atoms with Gasteiger partial charge in [0.2, 0.25) is 11.8 Å². The number of anilines is 1. The molecule has 144 valence electrons. The number of carboxylic acids is 1. The highest BCUT2D eigenvalue weighted by molar-refractivity contribution is 8.15.